The standard InChI is InChI=1S/C17H32N2O3S/c1-2-23(22)15-10-6-5-9-14(15)19-16(20)18-13-17(21)11-7-3-4-8-12-17/h14-15,21H,2-13H2,1H3,(H2,18,19,20)/t14-,15+,23+/m1/s1. The summed E-state index contributed by atoms with van der Waals surface area (Å²) in [6.45, 7) is 2.25. The zero-order chi connectivity index (χ0) is 16.7. The van der Waals surface area contributed by atoms with Crippen molar-refractivity contribution in [1.82, 2.24) is 10.6 Å². The number of carbonyl (C=O) groups excluding carboxylic acids is 1. The number of amides is 2. The maximum atomic E-state index is 12.2. The molecule has 0 saturated heterocycles. The number of nitrogens with one attached hydrogen (secondary N) is 2. The van der Waals surface area contributed by atoms with Gasteiger partial charge < -0.3 is 15.7 Å². The van der Waals surface area contributed by atoms with E-state index in [9.17, 15) is 14.1 Å². The predicted molar refractivity (Wildman–Crippen MR) is 93.9 cm³/mol. The van der Waals surface area contributed by atoms with Crippen LogP contribution in [0.15, 0.2) is 0 Å². The first-order valence-corrected chi connectivity index (χ1v) is 10.6. The van der Waals surface area contributed by atoms with Crippen molar-refractivity contribution in [3.05, 3.63) is 0 Å². The van der Waals surface area contributed by atoms with Crippen LogP contribution in [0.2, 0.25) is 0 Å². The molecule has 5 nitrogen and oxygen atoms in total. The van der Waals surface area contributed by atoms with Crippen molar-refractivity contribution in [2.75, 3.05) is 12.3 Å². The highest BCUT2D eigenvalue weighted by Gasteiger charge is 2.32. The fourth-order valence-corrected chi connectivity index (χ4v) is 5.25. The molecule has 3 atom stereocenters. The Balaban J connectivity index is 1.82. The van der Waals surface area contributed by atoms with Crippen molar-refractivity contribution in [1.29, 1.82) is 0 Å². The SMILES string of the molecule is CC[S@](=O)[C@H]1CCCC[C@H]1NC(=O)NCC1(O)CCCCCC1. The lowest BCUT2D eigenvalue weighted by molar-refractivity contribution is 0.0275. The highest BCUT2D eigenvalue weighted by molar-refractivity contribution is 7.85. The maximum Gasteiger partial charge on any atom is 0.315 e. The highest BCUT2D eigenvalue weighted by atomic mass is 32.2. The van der Waals surface area contributed by atoms with E-state index in [0.717, 1.165) is 51.4 Å². The van der Waals surface area contributed by atoms with E-state index in [1.54, 1.807) is 0 Å². The van der Waals surface area contributed by atoms with Crippen molar-refractivity contribution in [3.63, 3.8) is 0 Å². The molecule has 0 heterocycles. The second-order valence-electron chi connectivity index (χ2n) is 7.06. The van der Waals surface area contributed by atoms with E-state index < -0.39 is 16.4 Å². The summed E-state index contributed by atoms with van der Waals surface area (Å²) in [4.78, 5) is 12.2. The van der Waals surface area contributed by atoms with Crippen LogP contribution in [0.1, 0.15) is 71.1 Å². The Kier molecular flexibility index (Phi) is 7.34. The topological polar surface area (TPSA) is 78.4 Å². The predicted octanol–water partition coefficient (Wildman–Crippen LogP) is 2.45. The molecule has 0 radical (unpaired) electrons. The molecule has 2 fully saturated rings. The number of urea groups is 1. The van der Waals surface area contributed by atoms with E-state index in [2.05, 4.69) is 10.6 Å². The van der Waals surface area contributed by atoms with Crippen molar-refractivity contribution >= 4 is 16.8 Å². The molecule has 134 valence electrons. The van der Waals surface area contributed by atoms with Gasteiger partial charge in [-0.15, -0.1) is 0 Å². The molecule has 23 heavy (non-hydrogen) atoms. The van der Waals surface area contributed by atoms with E-state index in [1.165, 1.54) is 12.8 Å². The van der Waals surface area contributed by atoms with Gasteiger partial charge >= 0.3 is 6.03 Å². The molecule has 0 unspecified atom stereocenters. The largest absolute Gasteiger partial charge is 0.388 e. The molecule has 2 amide bonds. The number of hydrogen-bond acceptors (Lipinski definition) is 3. The first-order chi connectivity index (χ1) is 11.0. The minimum absolute atomic E-state index is 0.00619. The van der Waals surface area contributed by atoms with Crippen LogP contribution in [0.5, 0.6) is 0 Å². The van der Waals surface area contributed by atoms with Gasteiger partial charge in [-0.25, -0.2) is 4.79 Å². The van der Waals surface area contributed by atoms with Crippen LogP contribution >= 0.6 is 0 Å². The van der Waals surface area contributed by atoms with E-state index >= 15 is 0 Å². The van der Waals surface area contributed by atoms with Crippen molar-refractivity contribution in [2.24, 2.45) is 0 Å². The fraction of sp³-hybridized carbons (Fsp3) is 0.941. The third-order valence-electron chi connectivity index (χ3n) is 5.25. The zero-order valence-electron chi connectivity index (χ0n) is 14.3. The summed E-state index contributed by atoms with van der Waals surface area (Å²) in [5.74, 6) is 0.643. The minimum atomic E-state index is -0.871. The molecular formula is C17H32N2O3S. The summed E-state index contributed by atoms with van der Waals surface area (Å²) >= 11 is 0. The van der Waals surface area contributed by atoms with Crippen molar-refractivity contribution < 1.29 is 14.1 Å². The van der Waals surface area contributed by atoms with Gasteiger partial charge in [0, 0.05) is 29.1 Å². The molecule has 0 bridgehead atoms. The molecule has 6 heteroatoms. The number of carbonyl (C=O) groups is 1. The molecule has 2 saturated carbocycles. The monoisotopic (exact) mass is 344 g/mol. The van der Waals surface area contributed by atoms with E-state index in [0.29, 0.717) is 12.3 Å². The van der Waals surface area contributed by atoms with Gasteiger partial charge in [-0.3, -0.25) is 4.21 Å². The van der Waals surface area contributed by atoms with E-state index in [-0.39, 0.29) is 17.3 Å². The van der Waals surface area contributed by atoms with Gasteiger partial charge in [0.05, 0.1) is 10.9 Å². The Labute approximate surface area is 142 Å². The Morgan fingerprint density at radius 1 is 1.13 bits per heavy atom. The molecule has 0 spiro atoms. The minimum Gasteiger partial charge on any atom is -0.388 e. The van der Waals surface area contributed by atoms with Gasteiger partial charge in [-0.05, 0) is 25.7 Å². The van der Waals surface area contributed by atoms with Crippen LogP contribution in [-0.2, 0) is 10.8 Å². The van der Waals surface area contributed by atoms with Crippen molar-refractivity contribution in [3.8, 4) is 0 Å². The van der Waals surface area contributed by atoms with Crippen LogP contribution < -0.4 is 10.6 Å². The average Bonchev–Trinajstić information content (AvgIpc) is 2.78. The van der Waals surface area contributed by atoms with E-state index in [4.69, 9.17) is 0 Å². The van der Waals surface area contributed by atoms with Gasteiger partial charge in [0.25, 0.3) is 0 Å². The van der Waals surface area contributed by atoms with Gasteiger partial charge in [0.15, 0.2) is 0 Å². The third kappa shape index (κ3) is 5.75. The number of hydrogen-bond donors (Lipinski definition) is 3. The summed E-state index contributed by atoms with van der Waals surface area (Å²) < 4.78 is 12.2. The number of rotatable bonds is 5. The second kappa shape index (κ2) is 9.02. The molecule has 0 aliphatic heterocycles. The molecule has 0 aromatic carbocycles. The van der Waals surface area contributed by atoms with Crippen LogP contribution in [0.25, 0.3) is 0 Å². The third-order valence-corrected chi connectivity index (χ3v) is 7.06. The zero-order valence-corrected chi connectivity index (χ0v) is 15.1. The summed E-state index contributed by atoms with van der Waals surface area (Å²) in [6, 6.07) is -0.235. The van der Waals surface area contributed by atoms with Gasteiger partial charge in [-0.2, -0.15) is 0 Å². The average molecular weight is 345 g/mol. The van der Waals surface area contributed by atoms with Gasteiger partial charge in [0.2, 0.25) is 0 Å². The smallest absolute Gasteiger partial charge is 0.315 e. The van der Waals surface area contributed by atoms with Gasteiger partial charge in [-0.1, -0.05) is 45.4 Å². The Morgan fingerprint density at radius 3 is 2.43 bits per heavy atom. The Bertz CT molecular complexity index is 409. The van der Waals surface area contributed by atoms with Gasteiger partial charge in [0.1, 0.15) is 0 Å². The molecule has 0 aromatic heterocycles. The summed E-state index contributed by atoms with van der Waals surface area (Å²) in [6.07, 6.45) is 9.91. The second-order valence-corrected chi connectivity index (χ2v) is 9.01. The van der Waals surface area contributed by atoms with Crippen LogP contribution in [0.4, 0.5) is 4.79 Å². The van der Waals surface area contributed by atoms with Crippen LogP contribution in [-0.4, -0.2) is 44.5 Å². The molecule has 0 aromatic rings. The first-order valence-electron chi connectivity index (χ1n) is 9.18. The lowest BCUT2D eigenvalue weighted by Crippen LogP contribution is -2.53. The van der Waals surface area contributed by atoms with E-state index in [1.807, 2.05) is 6.92 Å². The molecule has 2 rings (SSSR count). The number of aliphatic hydroxyl groups is 1. The first kappa shape index (κ1) is 18.7. The molecule has 2 aliphatic rings. The molecule has 3 N–H and O–H groups in total. The highest BCUT2D eigenvalue weighted by Crippen LogP contribution is 2.26. The fourth-order valence-electron chi connectivity index (χ4n) is 3.82. The van der Waals surface area contributed by atoms with Crippen LogP contribution in [0, 0.1) is 0 Å². The maximum absolute atomic E-state index is 12.2. The summed E-state index contributed by atoms with van der Waals surface area (Å²) in [5.41, 5.74) is -0.758. The van der Waals surface area contributed by atoms with Crippen LogP contribution in [0.3, 0.4) is 0 Å². The molecule has 2 aliphatic carbocycles. The Hall–Kier alpha value is -0.620. The normalized spacial score (nSPS) is 29.3. The van der Waals surface area contributed by atoms with Crippen molar-refractivity contribution in [2.45, 2.75) is 88.0 Å². The quantitative estimate of drug-likeness (QED) is 0.670. The lowest BCUT2D eigenvalue weighted by Gasteiger charge is -2.32. The summed E-state index contributed by atoms with van der Waals surface area (Å²) in [7, 11) is -0.871. The molecular weight excluding hydrogens is 312 g/mol. The Morgan fingerprint density at radius 2 is 1.78 bits per heavy atom. The lowest BCUT2D eigenvalue weighted by atomic mass is 9.94. The summed E-state index contributed by atoms with van der Waals surface area (Å²) in [5, 5.41) is 16.5.